The molecule has 3 rings (SSSR count). The molecule has 0 spiro atoms. The second-order valence-electron chi connectivity index (χ2n) is 8.37. The summed E-state index contributed by atoms with van der Waals surface area (Å²) in [5.41, 5.74) is 0.960. The van der Waals surface area contributed by atoms with Gasteiger partial charge in [-0.25, -0.2) is 22.7 Å². The van der Waals surface area contributed by atoms with Gasteiger partial charge < -0.3 is 20.3 Å². The number of aryl methyl sites for hydroxylation is 1. The Hall–Kier alpha value is -4.22. The van der Waals surface area contributed by atoms with Crippen molar-refractivity contribution >= 4 is 27.9 Å². The molecule has 0 aliphatic carbocycles. The van der Waals surface area contributed by atoms with E-state index in [2.05, 4.69) is 10.0 Å². The van der Waals surface area contributed by atoms with Crippen molar-refractivity contribution in [3.05, 3.63) is 95.6 Å². The molecule has 10 nitrogen and oxygen atoms in total. The predicted octanol–water partition coefficient (Wildman–Crippen LogP) is 3.01. The molecule has 4 N–H and O–H groups in total. The maximum absolute atomic E-state index is 13.0. The monoisotopic (exact) mass is 540 g/mol. The zero-order chi connectivity index (χ0) is 27.5. The highest BCUT2D eigenvalue weighted by Crippen LogP contribution is 2.27. The van der Waals surface area contributed by atoms with Crippen molar-refractivity contribution in [2.75, 3.05) is 13.2 Å². The van der Waals surface area contributed by atoms with Crippen LogP contribution in [-0.4, -0.2) is 49.6 Å². The van der Waals surface area contributed by atoms with Gasteiger partial charge in [0.05, 0.1) is 10.9 Å². The van der Waals surface area contributed by atoms with E-state index in [-0.39, 0.29) is 28.2 Å². The first-order valence-electron chi connectivity index (χ1n) is 11.8. The molecule has 3 aromatic carbocycles. The fourth-order valence-electron chi connectivity index (χ4n) is 3.70. The van der Waals surface area contributed by atoms with Gasteiger partial charge in [0, 0.05) is 13.0 Å². The number of carbonyl (C=O) groups excluding carboxylic acids is 1. The van der Waals surface area contributed by atoms with Crippen molar-refractivity contribution in [2.45, 2.75) is 30.2 Å². The Kier molecular flexibility index (Phi) is 9.97. The van der Waals surface area contributed by atoms with Gasteiger partial charge in [-0.05, 0) is 48.2 Å². The average molecular weight is 541 g/mol. The number of aromatic carboxylic acids is 1. The second kappa shape index (κ2) is 13.4. The van der Waals surface area contributed by atoms with Crippen LogP contribution in [0.4, 0.5) is 0 Å². The number of rotatable bonds is 14. The van der Waals surface area contributed by atoms with E-state index in [1.54, 1.807) is 18.2 Å². The minimum absolute atomic E-state index is 0.0202. The fourth-order valence-corrected chi connectivity index (χ4v) is 4.95. The summed E-state index contributed by atoms with van der Waals surface area (Å²) in [4.78, 5) is 35.4. The number of aliphatic carboxylic acids is 1. The number of ether oxygens (including phenoxy) is 1. The third-order valence-corrected chi connectivity index (χ3v) is 7.02. The summed E-state index contributed by atoms with van der Waals surface area (Å²) in [5, 5.41) is 21.2. The Labute approximate surface area is 220 Å². The number of amides is 1. The van der Waals surface area contributed by atoms with E-state index < -0.39 is 40.5 Å². The number of sulfonamides is 1. The smallest absolute Gasteiger partial charge is 0.341 e. The first kappa shape index (κ1) is 28.4. The van der Waals surface area contributed by atoms with E-state index in [4.69, 9.17) is 9.84 Å². The van der Waals surface area contributed by atoms with Crippen LogP contribution in [0.1, 0.15) is 40.4 Å². The summed E-state index contributed by atoms with van der Waals surface area (Å²) in [7, 11) is -4.07. The molecule has 1 amide bonds. The Balaban J connectivity index is 1.80. The molecule has 0 bridgehead atoms. The van der Waals surface area contributed by atoms with Crippen LogP contribution in [0.15, 0.2) is 83.8 Å². The van der Waals surface area contributed by atoms with Crippen molar-refractivity contribution in [3.8, 4) is 5.75 Å². The SMILES string of the molecule is O=C(O)COc1ccc(C(CC(=O)NCCCc2ccccc2)NS(=O)(=O)c2ccccc2)cc1C(=O)O. The normalized spacial score (nSPS) is 11.9. The van der Waals surface area contributed by atoms with E-state index in [1.807, 2.05) is 30.3 Å². The van der Waals surface area contributed by atoms with Gasteiger partial charge in [-0.2, -0.15) is 0 Å². The van der Waals surface area contributed by atoms with Gasteiger partial charge in [-0.15, -0.1) is 0 Å². The van der Waals surface area contributed by atoms with E-state index in [9.17, 15) is 27.9 Å². The quantitative estimate of drug-likeness (QED) is 0.227. The van der Waals surface area contributed by atoms with Crippen molar-refractivity contribution in [1.29, 1.82) is 0 Å². The van der Waals surface area contributed by atoms with Crippen LogP contribution in [-0.2, 0) is 26.0 Å². The first-order valence-corrected chi connectivity index (χ1v) is 13.2. The van der Waals surface area contributed by atoms with E-state index >= 15 is 0 Å². The highest BCUT2D eigenvalue weighted by molar-refractivity contribution is 7.89. The minimum atomic E-state index is -4.07. The van der Waals surface area contributed by atoms with Crippen molar-refractivity contribution in [1.82, 2.24) is 10.0 Å². The Bertz CT molecular complexity index is 1360. The maximum Gasteiger partial charge on any atom is 0.341 e. The van der Waals surface area contributed by atoms with Gasteiger partial charge in [0.1, 0.15) is 11.3 Å². The summed E-state index contributed by atoms with van der Waals surface area (Å²) in [6.07, 6.45) is 1.13. The summed E-state index contributed by atoms with van der Waals surface area (Å²) in [6.45, 7) is -0.386. The predicted molar refractivity (Wildman–Crippen MR) is 138 cm³/mol. The van der Waals surface area contributed by atoms with Crippen LogP contribution < -0.4 is 14.8 Å². The van der Waals surface area contributed by atoms with Crippen LogP contribution in [0.25, 0.3) is 0 Å². The van der Waals surface area contributed by atoms with Gasteiger partial charge in [0.2, 0.25) is 15.9 Å². The van der Waals surface area contributed by atoms with Gasteiger partial charge in [0.15, 0.2) is 6.61 Å². The van der Waals surface area contributed by atoms with Crippen molar-refractivity contribution in [2.24, 2.45) is 0 Å². The van der Waals surface area contributed by atoms with Gasteiger partial charge >= 0.3 is 11.9 Å². The zero-order valence-corrected chi connectivity index (χ0v) is 21.2. The van der Waals surface area contributed by atoms with Crippen LogP contribution in [0.2, 0.25) is 0 Å². The van der Waals surface area contributed by atoms with Gasteiger partial charge in [-0.3, -0.25) is 4.79 Å². The number of hydrogen-bond donors (Lipinski definition) is 4. The molecule has 0 saturated carbocycles. The number of nitrogens with one attached hydrogen (secondary N) is 2. The molecule has 3 aromatic rings. The van der Waals surface area contributed by atoms with E-state index in [1.165, 1.54) is 30.3 Å². The largest absolute Gasteiger partial charge is 0.481 e. The van der Waals surface area contributed by atoms with Crippen molar-refractivity contribution < 1.29 is 37.8 Å². The highest BCUT2D eigenvalue weighted by atomic mass is 32.2. The van der Waals surface area contributed by atoms with Gasteiger partial charge in [-0.1, -0.05) is 54.6 Å². The molecule has 0 saturated heterocycles. The van der Waals surface area contributed by atoms with Crippen LogP contribution >= 0.6 is 0 Å². The molecule has 38 heavy (non-hydrogen) atoms. The highest BCUT2D eigenvalue weighted by Gasteiger charge is 2.25. The number of benzene rings is 3. The Morgan fingerprint density at radius 1 is 0.895 bits per heavy atom. The third-order valence-electron chi connectivity index (χ3n) is 5.54. The molecule has 0 fully saturated rings. The molecular weight excluding hydrogens is 512 g/mol. The van der Waals surface area contributed by atoms with Crippen LogP contribution in [0.3, 0.4) is 0 Å². The average Bonchev–Trinajstić information content (AvgIpc) is 2.90. The number of carboxylic acid groups (broad SMARTS) is 2. The van der Waals surface area contributed by atoms with E-state index in [0.717, 1.165) is 12.0 Å². The molecule has 0 radical (unpaired) electrons. The lowest BCUT2D eigenvalue weighted by Gasteiger charge is -2.20. The Morgan fingerprint density at radius 3 is 2.18 bits per heavy atom. The summed E-state index contributed by atoms with van der Waals surface area (Å²) < 4.78 is 33.6. The molecular formula is C27H28N2O8S. The van der Waals surface area contributed by atoms with Crippen LogP contribution in [0, 0.1) is 0 Å². The van der Waals surface area contributed by atoms with Gasteiger partial charge in [0.25, 0.3) is 0 Å². The lowest BCUT2D eigenvalue weighted by Crippen LogP contribution is -2.34. The molecule has 0 aliphatic rings. The standard InChI is InChI=1S/C27H28N2O8S/c30-25(28-15-7-10-19-8-3-1-4-9-19)17-23(29-38(35,36)21-11-5-2-6-12-21)20-13-14-24(37-18-26(31)32)22(16-20)27(33)34/h1-6,8-9,11-14,16,23,29H,7,10,15,17-18H2,(H,28,30)(H,31,32)(H,33,34). The minimum Gasteiger partial charge on any atom is -0.481 e. The lowest BCUT2D eigenvalue weighted by molar-refractivity contribution is -0.139. The lowest BCUT2D eigenvalue weighted by atomic mass is 10.0. The maximum atomic E-state index is 13.0. The fraction of sp³-hybridized carbons (Fsp3) is 0.222. The second-order valence-corrected chi connectivity index (χ2v) is 10.1. The summed E-state index contributed by atoms with van der Waals surface area (Å²) >= 11 is 0. The van der Waals surface area contributed by atoms with Crippen LogP contribution in [0.5, 0.6) is 5.75 Å². The number of hydrogen-bond acceptors (Lipinski definition) is 6. The molecule has 11 heteroatoms. The zero-order valence-electron chi connectivity index (χ0n) is 20.4. The first-order chi connectivity index (χ1) is 18.2. The summed E-state index contributed by atoms with van der Waals surface area (Å²) in [5.74, 6) is -3.31. The third kappa shape index (κ3) is 8.43. The topological polar surface area (TPSA) is 159 Å². The molecule has 0 aliphatic heterocycles. The van der Waals surface area contributed by atoms with E-state index in [0.29, 0.717) is 13.0 Å². The number of carbonyl (C=O) groups is 3. The molecule has 1 unspecified atom stereocenters. The molecule has 1 atom stereocenters. The van der Waals surface area contributed by atoms with Crippen molar-refractivity contribution in [3.63, 3.8) is 0 Å². The molecule has 200 valence electrons. The molecule has 0 heterocycles. The molecule has 0 aromatic heterocycles. The Morgan fingerprint density at radius 2 is 1.55 bits per heavy atom. The summed E-state index contributed by atoms with van der Waals surface area (Å²) in [6, 6.07) is 20.0. The number of carboxylic acids is 2.